The number of anilines is 2. The van der Waals surface area contributed by atoms with Crippen LogP contribution in [0.1, 0.15) is 29.2 Å². The maximum absolute atomic E-state index is 4.53. The third-order valence-electron chi connectivity index (χ3n) is 3.46. The molecule has 2 heterocycles. The van der Waals surface area contributed by atoms with E-state index in [1.165, 1.54) is 15.3 Å². The van der Waals surface area contributed by atoms with Crippen molar-refractivity contribution in [3.63, 3.8) is 0 Å². The van der Waals surface area contributed by atoms with E-state index >= 15 is 0 Å². The lowest BCUT2D eigenvalue weighted by atomic mass is 10.2. The highest BCUT2D eigenvalue weighted by molar-refractivity contribution is 7.12. The van der Waals surface area contributed by atoms with Crippen molar-refractivity contribution < 1.29 is 0 Å². The minimum absolute atomic E-state index is 0.864. The highest BCUT2D eigenvalue weighted by atomic mass is 32.1. The average molecular weight is 289 g/mol. The molecule has 0 saturated carbocycles. The number of rotatable bonds is 6. The van der Waals surface area contributed by atoms with Gasteiger partial charge in [0.2, 0.25) is 0 Å². The van der Waals surface area contributed by atoms with Crippen LogP contribution < -0.4 is 10.2 Å². The zero-order valence-electron chi connectivity index (χ0n) is 12.7. The first-order chi connectivity index (χ1) is 9.63. The summed E-state index contributed by atoms with van der Waals surface area (Å²) in [5.74, 6) is 1.04. The molecule has 1 N–H and O–H groups in total. The molecule has 0 aliphatic rings. The van der Waals surface area contributed by atoms with Crippen molar-refractivity contribution in [2.75, 3.05) is 23.3 Å². The van der Waals surface area contributed by atoms with E-state index in [0.29, 0.717) is 0 Å². The van der Waals surface area contributed by atoms with Crippen LogP contribution in [0.5, 0.6) is 0 Å². The zero-order chi connectivity index (χ0) is 14.5. The molecule has 2 aromatic rings. The molecule has 2 aromatic heterocycles. The molecule has 0 saturated heterocycles. The van der Waals surface area contributed by atoms with Gasteiger partial charge in [-0.05, 0) is 51.5 Å². The van der Waals surface area contributed by atoms with Gasteiger partial charge in [0.1, 0.15) is 5.82 Å². The summed E-state index contributed by atoms with van der Waals surface area (Å²) in [4.78, 5) is 9.53. The summed E-state index contributed by atoms with van der Waals surface area (Å²) in [6, 6.07) is 6.45. The molecule has 0 amide bonds. The fourth-order valence-electron chi connectivity index (χ4n) is 2.28. The molecule has 0 radical (unpaired) electrons. The first kappa shape index (κ1) is 14.9. The van der Waals surface area contributed by atoms with Crippen LogP contribution in [0.25, 0.3) is 0 Å². The van der Waals surface area contributed by atoms with E-state index in [4.69, 9.17) is 0 Å². The van der Waals surface area contributed by atoms with Gasteiger partial charge in [-0.25, -0.2) is 4.98 Å². The fourth-order valence-corrected chi connectivity index (χ4v) is 3.23. The van der Waals surface area contributed by atoms with E-state index in [2.05, 4.69) is 61.1 Å². The molecule has 0 aromatic carbocycles. The Kier molecular flexibility index (Phi) is 5.01. The van der Waals surface area contributed by atoms with Crippen LogP contribution in [0.15, 0.2) is 24.4 Å². The molecule has 0 atom stereocenters. The smallest absolute Gasteiger partial charge is 0.128 e. The standard InChI is InChI=1S/C16H23N3S/c1-5-19(6-2)16-8-7-15(11-18-16)17-10-14-9-12(3)20-13(14)4/h7-9,11,17H,5-6,10H2,1-4H3. The van der Waals surface area contributed by atoms with E-state index in [9.17, 15) is 0 Å². The molecule has 0 spiro atoms. The topological polar surface area (TPSA) is 28.2 Å². The molecule has 4 heteroatoms. The van der Waals surface area contributed by atoms with Crippen molar-refractivity contribution in [2.45, 2.75) is 34.2 Å². The lowest BCUT2D eigenvalue weighted by Crippen LogP contribution is -2.22. The molecule has 108 valence electrons. The summed E-state index contributed by atoms with van der Waals surface area (Å²) in [7, 11) is 0. The van der Waals surface area contributed by atoms with E-state index in [-0.39, 0.29) is 0 Å². The SMILES string of the molecule is CCN(CC)c1ccc(NCc2cc(C)sc2C)cn1. The first-order valence-corrected chi connectivity index (χ1v) is 7.96. The van der Waals surface area contributed by atoms with E-state index in [1.807, 2.05) is 17.5 Å². The second kappa shape index (κ2) is 6.75. The van der Waals surface area contributed by atoms with Gasteiger partial charge in [-0.15, -0.1) is 11.3 Å². The maximum Gasteiger partial charge on any atom is 0.128 e. The second-order valence-corrected chi connectivity index (χ2v) is 6.33. The Morgan fingerprint density at radius 2 is 1.95 bits per heavy atom. The molecule has 0 fully saturated rings. The number of thiophene rings is 1. The van der Waals surface area contributed by atoms with E-state index < -0.39 is 0 Å². The third-order valence-corrected chi connectivity index (χ3v) is 4.47. The molecular weight excluding hydrogens is 266 g/mol. The Hall–Kier alpha value is -1.55. The van der Waals surface area contributed by atoms with Gasteiger partial charge in [-0.1, -0.05) is 0 Å². The van der Waals surface area contributed by atoms with Crippen LogP contribution in [0, 0.1) is 13.8 Å². The molecule has 0 bridgehead atoms. The lowest BCUT2D eigenvalue weighted by molar-refractivity contribution is 0.846. The molecule has 0 unspecified atom stereocenters. The Bertz CT molecular complexity index is 541. The van der Waals surface area contributed by atoms with Crippen molar-refractivity contribution in [1.82, 2.24) is 4.98 Å². The van der Waals surface area contributed by atoms with Gasteiger partial charge >= 0.3 is 0 Å². The summed E-state index contributed by atoms with van der Waals surface area (Å²) < 4.78 is 0. The molecular formula is C16H23N3S. The Morgan fingerprint density at radius 1 is 1.20 bits per heavy atom. The minimum Gasteiger partial charge on any atom is -0.380 e. The highest BCUT2D eigenvalue weighted by Gasteiger charge is 2.04. The van der Waals surface area contributed by atoms with Gasteiger partial charge < -0.3 is 10.2 Å². The van der Waals surface area contributed by atoms with Crippen molar-refractivity contribution >= 4 is 22.8 Å². The van der Waals surface area contributed by atoms with Gasteiger partial charge in [0, 0.05) is 29.4 Å². The van der Waals surface area contributed by atoms with Crippen LogP contribution in [-0.2, 0) is 6.54 Å². The zero-order valence-corrected chi connectivity index (χ0v) is 13.5. The largest absolute Gasteiger partial charge is 0.380 e. The number of hydrogen-bond acceptors (Lipinski definition) is 4. The summed E-state index contributed by atoms with van der Waals surface area (Å²) in [5.41, 5.74) is 2.45. The number of aromatic nitrogens is 1. The number of nitrogens with zero attached hydrogens (tertiary/aromatic N) is 2. The molecule has 2 rings (SSSR count). The summed E-state index contributed by atoms with van der Waals surface area (Å²) in [6.07, 6.45) is 1.92. The monoisotopic (exact) mass is 289 g/mol. The summed E-state index contributed by atoms with van der Waals surface area (Å²) in [5, 5.41) is 3.44. The fraction of sp³-hybridized carbons (Fsp3) is 0.438. The van der Waals surface area contributed by atoms with Crippen molar-refractivity contribution in [3.8, 4) is 0 Å². The van der Waals surface area contributed by atoms with Crippen LogP contribution >= 0.6 is 11.3 Å². The van der Waals surface area contributed by atoms with Crippen LogP contribution in [0.3, 0.4) is 0 Å². The van der Waals surface area contributed by atoms with Crippen LogP contribution in [0.4, 0.5) is 11.5 Å². The number of nitrogens with one attached hydrogen (secondary N) is 1. The molecule has 0 aliphatic heterocycles. The van der Waals surface area contributed by atoms with Gasteiger partial charge in [0.25, 0.3) is 0 Å². The number of hydrogen-bond donors (Lipinski definition) is 1. The predicted octanol–water partition coefficient (Wildman–Crippen LogP) is 4.22. The highest BCUT2D eigenvalue weighted by Crippen LogP contribution is 2.22. The van der Waals surface area contributed by atoms with Gasteiger partial charge in [-0.3, -0.25) is 0 Å². The first-order valence-electron chi connectivity index (χ1n) is 7.14. The lowest BCUT2D eigenvalue weighted by Gasteiger charge is -2.19. The number of aryl methyl sites for hydroxylation is 2. The Morgan fingerprint density at radius 3 is 2.45 bits per heavy atom. The Labute approximate surface area is 125 Å². The molecule has 3 nitrogen and oxygen atoms in total. The van der Waals surface area contributed by atoms with E-state index in [0.717, 1.165) is 31.1 Å². The van der Waals surface area contributed by atoms with Crippen molar-refractivity contribution in [3.05, 3.63) is 39.7 Å². The normalized spacial score (nSPS) is 10.6. The third kappa shape index (κ3) is 3.51. The maximum atomic E-state index is 4.53. The average Bonchev–Trinajstić information content (AvgIpc) is 2.77. The second-order valence-electron chi connectivity index (χ2n) is 4.87. The summed E-state index contributed by atoms with van der Waals surface area (Å²) in [6.45, 7) is 11.5. The van der Waals surface area contributed by atoms with Crippen molar-refractivity contribution in [1.29, 1.82) is 0 Å². The molecule has 20 heavy (non-hydrogen) atoms. The van der Waals surface area contributed by atoms with Crippen molar-refractivity contribution in [2.24, 2.45) is 0 Å². The molecule has 0 aliphatic carbocycles. The van der Waals surface area contributed by atoms with Crippen LogP contribution in [-0.4, -0.2) is 18.1 Å². The minimum atomic E-state index is 0.864. The van der Waals surface area contributed by atoms with Gasteiger partial charge in [0.05, 0.1) is 11.9 Å². The predicted molar refractivity (Wildman–Crippen MR) is 88.9 cm³/mol. The Balaban J connectivity index is 1.99. The van der Waals surface area contributed by atoms with Gasteiger partial charge in [0.15, 0.2) is 0 Å². The quantitative estimate of drug-likeness (QED) is 0.863. The van der Waals surface area contributed by atoms with E-state index in [1.54, 1.807) is 0 Å². The van der Waals surface area contributed by atoms with Gasteiger partial charge in [-0.2, -0.15) is 0 Å². The number of pyridine rings is 1. The van der Waals surface area contributed by atoms with Crippen LogP contribution in [0.2, 0.25) is 0 Å². The summed E-state index contributed by atoms with van der Waals surface area (Å²) >= 11 is 1.85.